The Labute approximate surface area is 129 Å². The molecular formula is C17H18ClNO2. The largest absolute Gasteiger partial charge is 0.480 e. The zero-order valence-electron chi connectivity index (χ0n) is 11.9. The molecule has 1 atom stereocenters. The monoisotopic (exact) mass is 303 g/mol. The van der Waals surface area contributed by atoms with Gasteiger partial charge >= 0.3 is 0 Å². The van der Waals surface area contributed by atoms with Gasteiger partial charge in [0.1, 0.15) is 5.75 Å². The first-order valence-corrected chi connectivity index (χ1v) is 7.30. The van der Waals surface area contributed by atoms with Gasteiger partial charge in [0, 0.05) is 10.6 Å². The van der Waals surface area contributed by atoms with E-state index in [1.165, 1.54) is 0 Å². The van der Waals surface area contributed by atoms with Crippen LogP contribution in [0.1, 0.15) is 30.1 Å². The molecule has 3 nitrogen and oxygen atoms in total. The number of para-hydroxylation sites is 2. The van der Waals surface area contributed by atoms with Gasteiger partial charge in [0.05, 0.1) is 5.69 Å². The Morgan fingerprint density at radius 1 is 1.19 bits per heavy atom. The average molecular weight is 304 g/mol. The van der Waals surface area contributed by atoms with Crippen molar-refractivity contribution in [3.8, 4) is 5.75 Å². The molecule has 0 bridgehead atoms. The van der Waals surface area contributed by atoms with E-state index in [1.54, 1.807) is 36.4 Å². The third kappa shape index (κ3) is 3.99. The van der Waals surface area contributed by atoms with Crippen LogP contribution in [0.5, 0.6) is 5.75 Å². The van der Waals surface area contributed by atoms with E-state index in [4.69, 9.17) is 22.1 Å². The number of halogens is 1. The number of benzene rings is 2. The summed E-state index contributed by atoms with van der Waals surface area (Å²) in [5.74, 6) is 0.482. The van der Waals surface area contributed by atoms with Crippen LogP contribution in [0.15, 0.2) is 48.5 Å². The first kappa shape index (κ1) is 15.4. The highest BCUT2D eigenvalue weighted by atomic mass is 35.5. The molecule has 2 rings (SSSR count). The molecule has 0 aliphatic carbocycles. The number of ketones is 1. The second-order valence-corrected chi connectivity index (χ2v) is 5.24. The average Bonchev–Trinajstić information content (AvgIpc) is 2.49. The molecule has 0 saturated heterocycles. The van der Waals surface area contributed by atoms with Crippen LogP contribution in [0.2, 0.25) is 5.02 Å². The zero-order chi connectivity index (χ0) is 15.2. The number of hydrogen-bond acceptors (Lipinski definition) is 3. The molecule has 0 saturated carbocycles. The fourth-order valence-corrected chi connectivity index (χ4v) is 2.17. The summed E-state index contributed by atoms with van der Waals surface area (Å²) < 4.78 is 5.82. The Kier molecular flexibility index (Phi) is 5.23. The van der Waals surface area contributed by atoms with Crippen LogP contribution in [0.3, 0.4) is 0 Å². The van der Waals surface area contributed by atoms with Gasteiger partial charge in [-0.2, -0.15) is 0 Å². The minimum absolute atomic E-state index is 0.0585. The van der Waals surface area contributed by atoms with Crippen LogP contribution >= 0.6 is 11.6 Å². The number of anilines is 1. The summed E-state index contributed by atoms with van der Waals surface area (Å²) >= 11 is 5.85. The number of nitrogens with two attached hydrogens (primary N) is 1. The number of rotatable bonds is 6. The van der Waals surface area contributed by atoms with Gasteiger partial charge < -0.3 is 10.5 Å². The highest BCUT2D eigenvalue weighted by molar-refractivity contribution is 6.30. The predicted molar refractivity (Wildman–Crippen MR) is 86.0 cm³/mol. The number of nitrogen functional groups attached to an aromatic ring is 1. The van der Waals surface area contributed by atoms with Gasteiger partial charge in [-0.3, -0.25) is 4.79 Å². The van der Waals surface area contributed by atoms with Crippen molar-refractivity contribution in [1.29, 1.82) is 0 Å². The van der Waals surface area contributed by atoms with Crippen LogP contribution in [0, 0.1) is 0 Å². The van der Waals surface area contributed by atoms with Gasteiger partial charge in [0.25, 0.3) is 0 Å². The SMILES string of the molecule is CCCC(Oc1ccccc1N)C(=O)c1ccc(Cl)cc1. The second kappa shape index (κ2) is 7.14. The zero-order valence-corrected chi connectivity index (χ0v) is 12.6. The van der Waals surface area contributed by atoms with Crippen LogP contribution < -0.4 is 10.5 Å². The minimum atomic E-state index is -0.541. The third-order valence-electron chi connectivity index (χ3n) is 3.16. The van der Waals surface area contributed by atoms with Crippen molar-refractivity contribution in [2.45, 2.75) is 25.9 Å². The van der Waals surface area contributed by atoms with Crippen molar-refractivity contribution < 1.29 is 9.53 Å². The van der Waals surface area contributed by atoms with E-state index in [0.717, 1.165) is 6.42 Å². The molecule has 21 heavy (non-hydrogen) atoms. The summed E-state index contributed by atoms with van der Waals surface area (Å²) in [7, 11) is 0. The van der Waals surface area contributed by atoms with Gasteiger partial charge in [-0.1, -0.05) is 37.1 Å². The van der Waals surface area contributed by atoms with Crippen molar-refractivity contribution in [2.75, 3.05) is 5.73 Å². The molecule has 0 spiro atoms. The molecule has 2 aromatic rings. The maximum absolute atomic E-state index is 12.6. The number of hydrogen-bond donors (Lipinski definition) is 1. The number of ether oxygens (including phenoxy) is 1. The molecule has 2 N–H and O–H groups in total. The van der Waals surface area contributed by atoms with E-state index in [1.807, 2.05) is 19.1 Å². The van der Waals surface area contributed by atoms with E-state index in [2.05, 4.69) is 0 Å². The molecule has 0 aliphatic heterocycles. The van der Waals surface area contributed by atoms with E-state index in [0.29, 0.717) is 28.4 Å². The number of Topliss-reactive ketones (excluding diaryl/α,β-unsaturated/α-hetero) is 1. The lowest BCUT2D eigenvalue weighted by Gasteiger charge is -2.18. The Hall–Kier alpha value is -2.00. The van der Waals surface area contributed by atoms with Crippen LogP contribution in [-0.4, -0.2) is 11.9 Å². The lowest BCUT2D eigenvalue weighted by molar-refractivity contribution is 0.0779. The highest BCUT2D eigenvalue weighted by Gasteiger charge is 2.21. The molecule has 0 aromatic heterocycles. The Morgan fingerprint density at radius 3 is 2.48 bits per heavy atom. The Balaban J connectivity index is 2.20. The molecule has 0 aliphatic rings. The van der Waals surface area contributed by atoms with Crippen molar-refractivity contribution in [1.82, 2.24) is 0 Å². The normalized spacial score (nSPS) is 11.9. The lowest BCUT2D eigenvalue weighted by atomic mass is 10.0. The van der Waals surface area contributed by atoms with E-state index < -0.39 is 6.10 Å². The molecule has 0 heterocycles. The van der Waals surface area contributed by atoms with Crippen molar-refractivity contribution in [3.63, 3.8) is 0 Å². The van der Waals surface area contributed by atoms with Crippen LogP contribution in [0.25, 0.3) is 0 Å². The molecular weight excluding hydrogens is 286 g/mol. The fourth-order valence-electron chi connectivity index (χ4n) is 2.05. The van der Waals surface area contributed by atoms with E-state index in [9.17, 15) is 4.79 Å². The summed E-state index contributed by atoms with van der Waals surface area (Å²) in [6.45, 7) is 2.01. The van der Waals surface area contributed by atoms with Crippen molar-refractivity contribution in [2.24, 2.45) is 0 Å². The summed E-state index contributed by atoms with van der Waals surface area (Å²) in [6.07, 6.45) is 0.938. The van der Waals surface area contributed by atoms with Crippen LogP contribution in [-0.2, 0) is 0 Å². The summed E-state index contributed by atoms with van der Waals surface area (Å²) in [6, 6.07) is 14.0. The molecule has 1 unspecified atom stereocenters. The van der Waals surface area contributed by atoms with Gasteiger partial charge in [-0.15, -0.1) is 0 Å². The molecule has 0 amide bonds. The smallest absolute Gasteiger partial charge is 0.203 e. The van der Waals surface area contributed by atoms with Gasteiger partial charge in [-0.25, -0.2) is 0 Å². The van der Waals surface area contributed by atoms with Crippen molar-refractivity contribution >= 4 is 23.1 Å². The second-order valence-electron chi connectivity index (χ2n) is 4.80. The summed E-state index contributed by atoms with van der Waals surface area (Å²) in [5.41, 5.74) is 6.99. The van der Waals surface area contributed by atoms with Crippen molar-refractivity contribution in [3.05, 3.63) is 59.1 Å². The molecule has 0 radical (unpaired) electrons. The topological polar surface area (TPSA) is 52.3 Å². The first-order valence-electron chi connectivity index (χ1n) is 6.92. The van der Waals surface area contributed by atoms with E-state index >= 15 is 0 Å². The van der Waals surface area contributed by atoms with Gasteiger partial charge in [0.15, 0.2) is 6.10 Å². The predicted octanol–water partition coefficient (Wildman–Crippen LogP) is 4.35. The summed E-state index contributed by atoms with van der Waals surface area (Å²) in [5, 5.41) is 0.604. The summed E-state index contributed by atoms with van der Waals surface area (Å²) in [4.78, 5) is 12.6. The number of carbonyl (C=O) groups excluding carboxylic acids is 1. The quantitative estimate of drug-likeness (QED) is 0.637. The maximum Gasteiger partial charge on any atom is 0.203 e. The van der Waals surface area contributed by atoms with Gasteiger partial charge in [-0.05, 0) is 42.8 Å². The fraction of sp³-hybridized carbons (Fsp3) is 0.235. The third-order valence-corrected chi connectivity index (χ3v) is 3.41. The molecule has 4 heteroatoms. The van der Waals surface area contributed by atoms with Crippen LogP contribution in [0.4, 0.5) is 5.69 Å². The first-order chi connectivity index (χ1) is 10.1. The lowest BCUT2D eigenvalue weighted by Crippen LogP contribution is -2.27. The standard InChI is InChI=1S/C17H18ClNO2/c1-2-5-16(21-15-7-4-3-6-14(15)19)17(20)12-8-10-13(18)11-9-12/h3-4,6-11,16H,2,5,19H2,1H3. The Morgan fingerprint density at radius 2 is 1.86 bits per heavy atom. The maximum atomic E-state index is 12.6. The molecule has 2 aromatic carbocycles. The minimum Gasteiger partial charge on any atom is -0.480 e. The molecule has 0 fully saturated rings. The Bertz CT molecular complexity index is 610. The van der Waals surface area contributed by atoms with E-state index in [-0.39, 0.29) is 5.78 Å². The molecule has 110 valence electrons. The van der Waals surface area contributed by atoms with Gasteiger partial charge in [0.2, 0.25) is 5.78 Å². The highest BCUT2D eigenvalue weighted by Crippen LogP contribution is 2.24. The number of carbonyl (C=O) groups is 1.